The fourth-order valence-corrected chi connectivity index (χ4v) is 3.77. The molecule has 1 aromatic heterocycles. The number of aromatic nitrogens is 1. The highest BCUT2D eigenvalue weighted by atomic mass is 16.1. The molecule has 2 heterocycles. The number of nitrogens with zero attached hydrogens (tertiary/aromatic N) is 3. The third kappa shape index (κ3) is 5.37. The van der Waals surface area contributed by atoms with Gasteiger partial charge >= 0.3 is 0 Å². The van der Waals surface area contributed by atoms with Crippen LogP contribution in [0.1, 0.15) is 27.2 Å². The van der Waals surface area contributed by atoms with E-state index >= 15 is 0 Å². The summed E-state index contributed by atoms with van der Waals surface area (Å²) in [6.07, 6.45) is 2.88. The number of benzene rings is 2. The van der Waals surface area contributed by atoms with Crippen molar-refractivity contribution in [1.29, 1.82) is 0 Å². The van der Waals surface area contributed by atoms with Gasteiger partial charge in [0.1, 0.15) is 0 Å². The van der Waals surface area contributed by atoms with Gasteiger partial charge < -0.3 is 4.90 Å². The number of ketones is 1. The van der Waals surface area contributed by atoms with Crippen LogP contribution in [0.2, 0.25) is 0 Å². The van der Waals surface area contributed by atoms with Crippen LogP contribution in [0.4, 0.5) is 0 Å². The second-order valence-electron chi connectivity index (χ2n) is 7.58. The Labute approximate surface area is 172 Å². The maximum Gasteiger partial charge on any atom is 0.193 e. The zero-order chi connectivity index (χ0) is 19.9. The summed E-state index contributed by atoms with van der Waals surface area (Å²) >= 11 is 0. The van der Waals surface area contributed by atoms with Crippen LogP contribution in [0.3, 0.4) is 0 Å². The highest BCUT2D eigenvalue weighted by Gasteiger charge is 2.17. The Morgan fingerprint density at radius 1 is 0.759 bits per heavy atom. The van der Waals surface area contributed by atoms with E-state index in [0.29, 0.717) is 0 Å². The first-order valence-electron chi connectivity index (χ1n) is 10.3. The number of carbonyl (C=O) groups is 1. The summed E-state index contributed by atoms with van der Waals surface area (Å²) in [5.74, 6) is 0.0821. The zero-order valence-corrected chi connectivity index (χ0v) is 16.7. The van der Waals surface area contributed by atoms with Crippen molar-refractivity contribution in [3.05, 3.63) is 101 Å². The molecule has 0 N–H and O–H groups in total. The van der Waals surface area contributed by atoms with Gasteiger partial charge in [0.15, 0.2) is 5.78 Å². The molecule has 0 aliphatic carbocycles. The summed E-state index contributed by atoms with van der Waals surface area (Å²) in [4.78, 5) is 22.0. The Kier molecular flexibility index (Phi) is 6.45. The van der Waals surface area contributed by atoms with Gasteiger partial charge in [-0.1, -0.05) is 60.7 Å². The molecule has 0 bridgehead atoms. The van der Waals surface area contributed by atoms with Crippen LogP contribution < -0.4 is 0 Å². The van der Waals surface area contributed by atoms with E-state index in [-0.39, 0.29) is 5.78 Å². The minimum absolute atomic E-state index is 0.0821. The van der Waals surface area contributed by atoms with E-state index in [2.05, 4.69) is 39.0 Å². The van der Waals surface area contributed by atoms with Crippen LogP contribution in [0.25, 0.3) is 0 Å². The Bertz CT molecular complexity index is 902. The largest absolute Gasteiger partial charge is 0.300 e. The topological polar surface area (TPSA) is 36.4 Å². The van der Waals surface area contributed by atoms with Crippen molar-refractivity contribution in [2.75, 3.05) is 32.7 Å². The Morgan fingerprint density at radius 2 is 1.41 bits per heavy atom. The lowest BCUT2D eigenvalue weighted by molar-refractivity contribution is 0.103. The lowest BCUT2D eigenvalue weighted by Gasteiger charge is -2.34. The first-order valence-corrected chi connectivity index (χ1v) is 10.3. The van der Waals surface area contributed by atoms with Crippen molar-refractivity contribution in [2.45, 2.75) is 13.0 Å². The molecular weight excluding hydrogens is 358 g/mol. The number of hydrogen-bond donors (Lipinski definition) is 0. The van der Waals surface area contributed by atoms with Crippen LogP contribution in [-0.4, -0.2) is 53.3 Å². The molecule has 4 nitrogen and oxygen atoms in total. The summed E-state index contributed by atoms with van der Waals surface area (Å²) in [6, 6.07) is 23.7. The zero-order valence-electron chi connectivity index (χ0n) is 16.7. The molecule has 0 spiro atoms. The molecule has 0 saturated carbocycles. The van der Waals surface area contributed by atoms with Crippen molar-refractivity contribution >= 4 is 5.78 Å². The third-order valence-electron chi connectivity index (χ3n) is 5.53. The molecule has 148 valence electrons. The second kappa shape index (κ2) is 9.59. The van der Waals surface area contributed by atoms with Crippen molar-refractivity contribution in [3.8, 4) is 0 Å². The summed E-state index contributed by atoms with van der Waals surface area (Å²) in [5.41, 5.74) is 3.91. The summed E-state index contributed by atoms with van der Waals surface area (Å²) in [5, 5.41) is 0. The molecule has 29 heavy (non-hydrogen) atoms. The quantitative estimate of drug-likeness (QED) is 0.582. The molecule has 1 aliphatic heterocycles. The molecular formula is C25H27N3O. The molecule has 0 atom stereocenters. The van der Waals surface area contributed by atoms with E-state index in [1.807, 2.05) is 54.7 Å². The van der Waals surface area contributed by atoms with Crippen LogP contribution in [0.5, 0.6) is 0 Å². The summed E-state index contributed by atoms with van der Waals surface area (Å²) < 4.78 is 0. The predicted molar refractivity (Wildman–Crippen MR) is 116 cm³/mol. The minimum atomic E-state index is 0.0821. The SMILES string of the molecule is O=C(c1ccccc1)c1ccc(CN2CCN(CCc3ccccn3)CC2)cc1. The first-order chi connectivity index (χ1) is 14.3. The van der Waals surface area contributed by atoms with Gasteiger partial charge in [-0.25, -0.2) is 0 Å². The normalized spacial score (nSPS) is 15.3. The highest BCUT2D eigenvalue weighted by Crippen LogP contribution is 2.14. The third-order valence-corrected chi connectivity index (χ3v) is 5.53. The summed E-state index contributed by atoms with van der Waals surface area (Å²) in [6.45, 7) is 6.35. The smallest absolute Gasteiger partial charge is 0.193 e. The van der Waals surface area contributed by atoms with Crippen molar-refractivity contribution in [2.24, 2.45) is 0 Å². The number of hydrogen-bond acceptors (Lipinski definition) is 4. The second-order valence-corrected chi connectivity index (χ2v) is 7.58. The Hall–Kier alpha value is -2.82. The minimum Gasteiger partial charge on any atom is -0.300 e. The highest BCUT2D eigenvalue weighted by molar-refractivity contribution is 6.08. The van der Waals surface area contributed by atoms with E-state index in [1.54, 1.807) is 0 Å². The van der Waals surface area contributed by atoms with Gasteiger partial charge in [0, 0.05) is 68.7 Å². The van der Waals surface area contributed by atoms with Gasteiger partial charge in [0.05, 0.1) is 0 Å². The molecule has 0 amide bonds. The van der Waals surface area contributed by atoms with E-state index in [9.17, 15) is 4.79 Å². The number of piperazine rings is 1. The van der Waals surface area contributed by atoms with Gasteiger partial charge in [0.25, 0.3) is 0 Å². The Morgan fingerprint density at radius 3 is 2.10 bits per heavy atom. The lowest BCUT2D eigenvalue weighted by atomic mass is 10.0. The van der Waals surface area contributed by atoms with Crippen molar-refractivity contribution in [1.82, 2.24) is 14.8 Å². The molecule has 1 saturated heterocycles. The number of pyridine rings is 1. The van der Waals surface area contributed by atoms with Crippen LogP contribution in [-0.2, 0) is 13.0 Å². The average Bonchev–Trinajstić information content (AvgIpc) is 2.80. The summed E-state index contributed by atoms with van der Waals surface area (Å²) in [7, 11) is 0. The molecule has 0 radical (unpaired) electrons. The van der Waals surface area contributed by atoms with E-state index in [0.717, 1.165) is 56.8 Å². The molecule has 1 aliphatic rings. The number of rotatable bonds is 7. The standard InChI is InChI=1S/C25H27N3O/c29-25(22-6-2-1-3-7-22)23-11-9-21(10-12-23)20-28-18-16-27(17-19-28)15-13-24-8-4-5-14-26-24/h1-12,14H,13,15-20H2. The van der Waals surface area contributed by atoms with Gasteiger partial charge in [-0.2, -0.15) is 0 Å². The Balaban J connectivity index is 1.25. The van der Waals surface area contributed by atoms with Gasteiger partial charge in [-0.15, -0.1) is 0 Å². The molecule has 2 aromatic carbocycles. The van der Waals surface area contributed by atoms with E-state index in [4.69, 9.17) is 0 Å². The van der Waals surface area contributed by atoms with Crippen LogP contribution in [0, 0.1) is 0 Å². The monoisotopic (exact) mass is 385 g/mol. The van der Waals surface area contributed by atoms with Crippen LogP contribution in [0.15, 0.2) is 79.0 Å². The fourth-order valence-electron chi connectivity index (χ4n) is 3.77. The maximum absolute atomic E-state index is 12.5. The lowest BCUT2D eigenvalue weighted by Crippen LogP contribution is -2.46. The fraction of sp³-hybridized carbons (Fsp3) is 0.280. The van der Waals surface area contributed by atoms with Gasteiger partial charge in [-0.3, -0.25) is 14.7 Å². The maximum atomic E-state index is 12.5. The van der Waals surface area contributed by atoms with Crippen molar-refractivity contribution in [3.63, 3.8) is 0 Å². The van der Waals surface area contributed by atoms with Gasteiger partial charge in [0.2, 0.25) is 0 Å². The molecule has 4 heteroatoms. The molecule has 1 fully saturated rings. The number of carbonyl (C=O) groups excluding carboxylic acids is 1. The molecule has 0 unspecified atom stereocenters. The van der Waals surface area contributed by atoms with E-state index < -0.39 is 0 Å². The molecule has 3 aromatic rings. The molecule has 4 rings (SSSR count). The van der Waals surface area contributed by atoms with Crippen molar-refractivity contribution < 1.29 is 4.79 Å². The van der Waals surface area contributed by atoms with Crippen LogP contribution >= 0.6 is 0 Å². The van der Waals surface area contributed by atoms with Gasteiger partial charge in [-0.05, 0) is 17.7 Å². The van der Waals surface area contributed by atoms with E-state index in [1.165, 1.54) is 11.3 Å². The average molecular weight is 386 g/mol. The predicted octanol–water partition coefficient (Wildman–Crippen LogP) is 3.67. The first kappa shape index (κ1) is 19.5.